The summed E-state index contributed by atoms with van der Waals surface area (Å²) in [7, 11) is 0. The molecule has 1 aromatic carbocycles. The molecular formula is C13H17Br2NO. The number of rotatable bonds is 5. The lowest BCUT2D eigenvalue weighted by Gasteiger charge is -2.21. The van der Waals surface area contributed by atoms with Crippen molar-refractivity contribution in [1.29, 1.82) is 0 Å². The van der Waals surface area contributed by atoms with E-state index in [9.17, 15) is 4.79 Å². The minimum atomic E-state index is 0.118. The number of carbonyl (C=O) groups is 1. The van der Waals surface area contributed by atoms with Crippen molar-refractivity contribution in [2.75, 3.05) is 18.4 Å². The Morgan fingerprint density at radius 1 is 1.41 bits per heavy atom. The first-order valence-electron chi connectivity index (χ1n) is 5.71. The van der Waals surface area contributed by atoms with E-state index in [0.29, 0.717) is 0 Å². The van der Waals surface area contributed by atoms with Crippen LogP contribution in [0.5, 0.6) is 0 Å². The molecule has 17 heavy (non-hydrogen) atoms. The molecule has 0 N–H and O–H groups in total. The second-order valence-corrected chi connectivity index (χ2v) is 5.60. The van der Waals surface area contributed by atoms with Crippen LogP contribution in [0, 0.1) is 6.92 Å². The van der Waals surface area contributed by atoms with Crippen LogP contribution >= 0.6 is 31.9 Å². The van der Waals surface area contributed by atoms with Crippen LogP contribution in [0.15, 0.2) is 22.7 Å². The molecule has 0 saturated carbocycles. The molecule has 94 valence electrons. The summed E-state index contributed by atoms with van der Waals surface area (Å²) in [5, 5.41) is 0.925. The molecule has 0 spiro atoms. The monoisotopic (exact) mass is 361 g/mol. The van der Waals surface area contributed by atoms with Crippen LogP contribution in [0.2, 0.25) is 0 Å². The van der Waals surface area contributed by atoms with Gasteiger partial charge in [-0.3, -0.25) is 4.79 Å². The van der Waals surface area contributed by atoms with Crippen molar-refractivity contribution in [2.24, 2.45) is 0 Å². The Hall–Kier alpha value is -0.350. The van der Waals surface area contributed by atoms with Gasteiger partial charge < -0.3 is 4.90 Å². The first kappa shape index (κ1) is 14.7. The van der Waals surface area contributed by atoms with E-state index >= 15 is 0 Å². The number of benzene rings is 1. The van der Waals surface area contributed by atoms with Crippen LogP contribution < -0.4 is 0 Å². The highest BCUT2D eigenvalue weighted by molar-refractivity contribution is 9.10. The zero-order valence-corrected chi connectivity index (χ0v) is 13.3. The summed E-state index contributed by atoms with van der Waals surface area (Å²) in [5.74, 6) is 0.118. The molecule has 1 amide bonds. The van der Waals surface area contributed by atoms with Gasteiger partial charge in [-0.15, -0.1) is 0 Å². The fourth-order valence-electron chi connectivity index (χ4n) is 1.65. The van der Waals surface area contributed by atoms with E-state index in [1.807, 2.05) is 36.9 Å². The van der Waals surface area contributed by atoms with E-state index in [0.717, 1.165) is 40.4 Å². The van der Waals surface area contributed by atoms with Gasteiger partial charge in [-0.1, -0.05) is 37.9 Å². The summed E-state index contributed by atoms with van der Waals surface area (Å²) in [6, 6.07) is 5.82. The van der Waals surface area contributed by atoms with Crippen LogP contribution in [-0.2, 0) is 0 Å². The maximum absolute atomic E-state index is 12.3. The van der Waals surface area contributed by atoms with E-state index < -0.39 is 0 Å². The summed E-state index contributed by atoms with van der Waals surface area (Å²) in [6.45, 7) is 5.53. The highest BCUT2D eigenvalue weighted by atomic mass is 79.9. The molecule has 0 aliphatic heterocycles. The van der Waals surface area contributed by atoms with Gasteiger partial charge >= 0.3 is 0 Å². The first-order valence-corrected chi connectivity index (χ1v) is 7.63. The SMILES string of the molecule is CCN(CCCBr)C(=O)c1cc(Br)ccc1C. The van der Waals surface area contributed by atoms with Gasteiger partial charge in [-0.05, 0) is 38.0 Å². The van der Waals surface area contributed by atoms with E-state index in [1.54, 1.807) is 0 Å². The summed E-state index contributed by atoms with van der Waals surface area (Å²) in [6.07, 6.45) is 0.979. The van der Waals surface area contributed by atoms with E-state index in [4.69, 9.17) is 0 Å². The predicted molar refractivity (Wildman–Crippen MR) is 78.9 cm³/mol. The molecule has 0 saturated heterocycles. The maximum Gasteiger partial charge on any atom is 0.254 e. The van der Waals surface area contributed by atoms with E-state index in [2.05, 4.69) is 31.9 Å². The topological polar surface area (TPSA) is 20.3 Å². The largest absolute Gasteiger partial charge is 0.339 e. The molecule has 1 aromatic rings. The number of amides is 1. The van der Waals surface area contributed by atoms with Gasteiger partial charge in [0.15, 0.2) is 0 Å². The fraction of sp³-hybridized carbons (Fsp3) is 0.462. The smallest absolute Gasteiger partial charge is 0.254 e. The normalized spacial score (nSPS) is 10.4. The van der Waals surface area contributed by atoms with Crippen molar-refractivity contribution in [3.63, 3.8) is 0 Å². The van der Waals surface area contributed by atoms with Crippen molar-refractivity contribution < 1.29 is 4.79 Å². The Morgan fingerprint density at radius 3 is 2.71 bits per heavy atom. The van der Waals surface area contributed by atoms with Crippen LogP contribution in [0.25, 0.3) is 0 Å². The van der Waals surface area contributed by atoms with Gasteiger partial charge in [0.2, 0.25) is 0 Å². The molecule has 0 unspecified atom stereocenters. The number of nitrogens with zero attached hydrogens (tertiary/aromatic N) is 1. The summed E-state index contributed by atoms with van der Waals surface area (Å²) >= 11 is 6.80. The van der Waals surface area contributed by atoms with Crippen molar-refractivity contribution in [1.82, 2.24) is 4.90 Å². The highest BCUT2D eigenvalue weighted by Crippen LogP contribution is 2.18. The third-order valence-corrected chi connectivity index (χ3v) is 3.71. The summed E-state index contributed by atoms with van der Waals surface area (Å²) in [5.41, 5.74) is 1.81. The Bertz CT molecular complexity index is 393. The van der Waals surface area contributed by atoms with Crippen LogP contribution in [-0.4, -0.2) is 29.2 Å². The number of alkyl halides is 1. The molecule has 0 aliphatic rings. The third kappa shape index (κ3) is 4.11. The summed E-state index contributed by atoms with van der Waals surface area (Å²) in [4.78, 5) is 14.2. The third-order valence-electron chi connectivity index (χ3n) is 2.66. The molecule has 4 heteroatoms. The minimum Gasteiger partial charge on any atom is -0.339 e. The van der Waals surface area contributed by atoms with Crippen molar-refractivity contribution in [3.8, 4) is 0 Å². The molecule has 2 nitrogen and oxygen atoms in total. The zero-order chi connectivity index (χ0) is 12.8. The lowest BCUT2D eigenvalue weighted by atomic mass is 10.1. The van der Waals surface area contributed by atoms with Crippen molar-refractivity contribution in [3.05, 3.63) is 33.8 Å². The quantitative estimate of drug-likeness (QED) is 0.725. The lowest BCUT2D eigenvalue weighted by molar-refractivity contribution is 0.0764. The van der Waals surface area contributed by atoms with E-state index in [-0.39, 0.29) is 5.91 Å². The van der Waals surface area contributed by atoms with E-state index in [1.165, 1.54) is 0 Å². The summed E-state index contributed by atoms with van der Waals surface area (Å²) < 4.78 is 0.947. The molecule has 1 rings (SSSR count). The highest BCUT2D eigenvalue weighted by Gasteiger charge is 2.15. The van der Waals surface area contributed by atoms with Gasteiger partial charge in [0.05, 0.1) is 0 Å². The number of aryl methyl sites for hydroxylation is 1. The maximum atomic E-state index is 12.3. The van der Waals surface area contributed by atoms with Gasteiger partial charge in [-0.2, -0.15) is 0 Å². The molecule has 0 bridgehead atoms. The molecule has 0 aliphatic carbocycles. The van der Waals surface area contributed by atoms with Crippen molar-refractivity contribution >= 4 is 37.8 Å². The van der Waals surface area contributed by atoms with Gasteiger partial charge in [0.1, 0.15) is 0 Å². The minimum absolute atomic E-state index is 0.118. The fourth-order valence-corrected chi connectivity index (χ4v) is 2.26. The van der Waals surface area contributed by atoms with Gasteiger partial charge in [-0.25, -0.2) is 0 Å². The zero-order valence-electron chi connectivity index (χ0n) is 10.2. The molecular weight excluding hydrogens is 346 g/mol. The van der Waals surface area contributed by atoms with Crippen LogP contribution in [0.4, 0.5) is 0 Å². The van der Waals surface area contributed by atoms with Gasteiger partial charge in [0.25, 0.3) is 5.91 Å². The Kier molecular flexibility index (Phi) is 6.20. The molecule has 0 fully saturated rings. The average molecular weight is 363 g/mol. The van der Waals surface area contributed by atoms with Gasteiger partial charge in [0, 0.05) is 28.5 Å². The molecule has 0 heterocycles. The second kappa shape index (κ2) is 7.17. The lowest BCUT2D eigenvalue weighted by Crippen LogP contribution is -2.32. The number of carbonyl (C=O) groups excluding carboxylic acids is 1. The Morgan fingerprint density at radius 2 is 2.12 bits per heavy atom. The van der Waals surface area contributed by atoms with Crippen molar-refractivity contribution in [2.45, 2.75) is 20.3 Å². The Balaban J connectivity index is 2.89. The second-order valence-electron chi connectivity index (χ2n) is 3.89. The predicted octanol–water partition coefficient (Wildman–Crippen LogP) is 4.00. The first-order chi connectivity index (χ1) is 8.10. The number of hydrogen-bond acceptors (Lipinski definition) is 1. The molecule has 0 radical (unpaired) electrons. The molecule has 0 aromatic heterocycles. The Labute approximate surface area is 120 Å². The number of halogens is 2. The molecule has 0 atom stereocenters. The average Bonchev–Trinajstić information content (AvgIpc) is 2.33. The van der Waals surface area contributed by atoms with Crippen LogP contribution in [0.3, 0.4) is 0 Å². The van der Waals surface area contributed by atoms with Crippen LogP contribution in [0.1, 0.15) is 29.3 Å². The number of hydrogen-bond donors (Lipinski definition) is 0. The standard InChI is InChI=1S/C13H17Br2NO/c1-3-16(8-4-7-14)13(17)12-9-11(15)6-5-10(12)2/h5-6,9H,3-4,7-8H2,1-2H3.